The Morgan fingerprint density at radius 1 is 1.41 bits per heavy atom. The van der Waals surface area contributed by atoms with E-state index in [1.807, 2.05) is 30.7 Å². The molecular formula is C18H23BrF3N3O2. The average molecular weight is 450 g/mol. The highest BCUT2D eigenvalue weighted by atomic mass is 79.9. The molecule has 2 N–H and O–H groups in total. The van der Waals surface area contributed by atoms with Gasteiger partial charge in [0.25, 0.3) is 0 Å². The van der Waals surface area contributed by atoms with E-state index in [1.54, 1.807) is 6.33 Å². The van der Waals surface area contributed by atoms with Crippen LogP contribution in [0.15, 0.2) is 22.9 Å². The highest BCUT2D eigenvalue weighted by molar-refractivity contribution is 9.10. The number of aliphatic hydroxyl groups is 1. The summed E-state index contributed by atoms with van der Waals surface area (Å²) in [5, 5.41) is 12.1. The maximum Gasteiger partial charge on any atom is 0.415 e. The smallest absolute Gasteiger partial charge is 0.415 e. The molecule has 0 radical (unpaired) electrons. The van der Waals surface area contributed by atoms with Crippen LogP contribution >= 0.6 is 15.9 Å². The van der Waals surface area contributed by atoms with Crippen LogP contribution in [0.2, 0.25) is 0 Å². The fraction of sp³-hybridized carbons (Fsp3) is 0.611. The molecule has 1 aromatic heterocycles. The highest BCUT2D eigenvalue weighted by Gasteiger charge is 2.40. The molecule has 2 aromatic rings. The van der Waals surface area contributed by atoms with Crippen molar-refractivity contribution in [3.8, 4) is 5.75 Å². The lowest BCUT2D eigenvalue weighted by molar-refractivity contribution is -0.203. The second-order valence-corrected chi connectivity index (χ2v) is 8.30. The number of fused-ring (bicyclic) bond motifs is 1. The number of halogens is 4. The summed E-state index contributed by atoms with van der Waals surface area (Å²) < 4.78 is 46.3. The summed E-state index contributed by atoms with van der Waals surface area (Å²) in [6, 6.07) is 3.83. The van der Waals surface area contributed by atoms with E-state index < -0.39 is 24.4 Å². The standard InChI is InChI=1S/C18H23BrF3N3O2/c1-17(24-9-15(26)18(20,21)22)5-3-11(4-6-17)27-12-7-13(19)16-14(8-12)25(2)10-23-16/h7-8,10-11,15,24,26H,3-6,9H2,1-2H3/t11?,15-,17?/m1/s1. The summed E-state index contributed by atoms with van der Waals surface area (Å²) in [6.45, 7) is 1.40. The third kappa shape index (κ3) is 4.75. The van der Waals surface area contributed by atoms with Gasteiger partial charge in [-0.25, -0.2) is 4.98 Å². The molecule has 1 heterocycles. The van der Waals surface area contributed by atoms with E-state index in [-0.39, 0.29) is 6.10 Å². The van der Waals surface area contributed by atoms with Crippen molar-refractivity contribution in [2.45, 2.75) is 56.5 Å². The zero-order valence-electron chi connectivity index (χ0n) is 15.2. The van der Waals surface area contributed by atoms with Crippen molar-refractivity contribution >= 4 is 27.0 Å². The van der Waals surface area contributed by atoms with Gasteiger partial charge in [0.2, 0.25) is 0 Å². The van der Waals surface area contributed by atoms with E-state index in [0.29, 0.717) is 12.8 Å². The minimum Gasteiger partial charge on any atom is -0.490 e. The summed E-state index contributed by atoms with van der Waals surface area (Å²) in [5.41, 5.74) is 1.40. The van der Waals surface area contributed by atoms with E-state index in [9.17, 15) is 18.3 Å². The van der Waals surface area contributed by atoms with Gasteiger partial charge >= 0.3 is 6.18 Å². The number of benzene rings is 1. The van der Waals surface area contributed by atoms with E-state index in [4.69, 9.17) is 4.74 Å². The second kappa shape index (κ2) is 7.60. The monoisotopic (exact) mass is 449 g/mol. The molecule has 0 saturated heterocycles. The Kier molecular flexibility index (Phi) is 5.74. The maximum atomic E-state index is 12.5. The van der Waals surface area contributed by atoms with Crippen LogP contribution in [0.25, 0.3) is 11.0 Å². The van der Waals surface area contributed by atoms with Crippen LogP contribution in [-0.2, 0) is 7.05 Å². The van der Waals surface area contributed by atoms with Gasteiger partial charge in [0.05, 0.1) is 17.9 Å². The molecule has 1 fully saturated rings. The fourth-order valence-corrected chi connectivity index (χ4v) is 3.94. The van der Waals surface area contributed by atoms with Gasteiger partial charge in [0.15, 0.2) is 6.10 Å². The zero-order chi connectivity index (χ0) is 19.8. The first-order valence-corrected chi connectivity index (χ1v) is 9.64. The maximum absolute atomic E-state index is 12.5. The van der Waals surface area contributed by atoms with Crippen LogP contribution in [0, 0.1) is 0 Å². The van der Waals surface area contributed by atoms with Gasteiger partial charge in [-0.1, -0.05) is 0 Å². The molecular weight excluding hydrogens is 427 g/mol. The van der Waals surface area contributed by atoms with Crippen LogP contribution in [-0.4, -0.2) is 45.1 Å². The number of alkyl halides is 3. The number of rotatable bonds is 5. The molecule has 150 valence electrons. The van der Waals surface area contributed by atoms with Crippen molar-refractivity contribution in [2.75, 3.05) is 6.54 Å². The molecule has 0 amide bonds. The summed E-state index contributed by atoms with van der Waals surface area (Å²) in [6.07, 6.45) is -2.38. The van der Waals surface area contributed by atoms with Gasteiger partial charge in [0.1, 0.15) is 11.3 Å². The molecule has 1 aliphatic rings. The van der Waals surface area contributed by atoms with E-state index in [2.05, 4.69) is 26.2 Å². The van der Waals surface area contributed by atoms with E-state index >= 15 is 0 Å². The molecule has 1 aliphatic carbocycles. The molecule has 1 atom stereocenters. The third-order valence-corrected chi connectivity index (χ3v) is 5.80. The van der Waals surface area contributed by atoms with Gasteiger partial charge in [-0.05, 0) is 54.6 Å². The third-order valence-electron chi connectivity index (χ3n) is 5.20. The number of aryl methyl sites for hydroxylation is 1. The van der Waals surface area contributed by atoms with Gasteiger partial charge in [-0.2, -0.15) is 13.2 Å². The molecule has 1 saturated carbocycles. The van der Waals surface area contributed by atoms with Crippen molar-refractivity contribution in [1.82, 2.24) is 14.9 Å². The normalized spacial score (nSPS) is 24.9. The Hall–Kier alpha value is -1.32. The number of nitrogens with one attached hydrogen (secondary N) is 1. The van der Waals surface area contributed by atoms with Crippen molar-refractivity contribution in [3.05, 3.63) is 22.9 Å². The molecule has 0 unspecified atom stereocenters. The van der Waals surface area contributed by atoms with Crippen molar-refractivity contribution < 1.29 is 23.0 Å². The van der Waals surface area contributed by atoms with Crippen LogP contribution in [0.4, 0.5) is 13.2 Å². The van der Waals surface area contributed by atoms with E-state index in [0.717, 1.165) is 34.1 Å². The number of hydrogen-bond acceptors (Lipinski definition) is 4. The number of nitrogens with zero attached hydrogens (tertiary/aromatic N) is 2. The number of aliphatic hydroxyl groups excluding tert-OH is 1. The molecule has 5 nitrogen and oxygen atoms in total. The Labute approximate surface area is 164 Å². The number of imidazole rings is 1. The summed E-state index contributed by atoms with van der Waals surface area (Å²) in [4.78, 5) is 4.33. The van der Waals surface area contributed by atoms with Gasteiger partial charge in [-0.15, -0.1) is 0 Å². The summed E-state index contributed by atoms with van der Waals surface area (Å²) in [7, 11) is 1.92. The Balaban J connectivity index is 1.57. The average Bonchev–Trinajstić information content (AvgIpc) is 2.96. The molecule has 3 rings (SSSR count). The quantitative estimate of drug-likeness (QED) is 0.725. The van der Waals surface area contributed by atoms with Crippen molar-refractivity contribution in [2.24, 2.45) is 7.05 Å². The number of hydrogen-bond donors (Lipinski definition) is 2. The molecule has 9 heteroatoms. The SMILES string of the molecule is Cn1cnc2c(Br)cc(OC3CCC(C)(NC[C@@H](O)C(F)(F)F)CC3)cc21. The van der Waals surface area contributed by atoms with E-state index in [1.165, 1.54) is 0 Å². The minimum absolute atomic E-state index is 0.00462. The lowest BCUT2D eigenvalue weighted by Crippen LogP contribution is -2.51. The minimum atomic E-state index is -4.60. The predicted octanol–water partition coefficient (Wildman–Crippen LogP) is 3.93. The van der Waals surface area contributed by atoms with Crippen LogP contribution in [0.1, 0.15) is 32.6 Å². The number of ether oxygens (including phenoxy) is 1. The first-order valence-electron chi connectivity index (χ1n) is 8.84. The first kappa shape index (κ1) is 20.4. The largest absolute Gasteiger partial charge is 0.490 e. The Bertz CT molecular complexity index is 801. The van der Waals surface area contributed by atoms with Crippen LogP contribution in [0.5, 0.6) is 5.75 Å². The molecule has 0 spiro atoms. The lowest BCUT2D eigenvalue weighted by atomic mass is 9.81. The molecule has 1 aromatic carbocycles. The topological polar surface area (TPSA) is 59.3 Å². The molecule has 0 bridgehead atoms. The van der Waals surface area contributed by atoms with Crippen LogP contribution < -0.4 is 10.1 Å². The van der Waals surface area contributed by atoms with Gasteiger partial charge < -0.3 is 19.7 Å². The molecule has 27 heavy (non-hydrogen) atoms. The summed E-state index contributed by atoms with van der Waals surface area (Å²) >= 11 is 3.51. The van der Waals surface area contributed by atoms with Crippen molar-refractivity contribution in [1.29, 1.82) is 0 Å². The number of aromatic nitrogens is 2. The second-order valence-electron chi connectivity index (χ2n) is 7.44. The number of β-amino-alcohol motifs (C(OH)–C–C–N with tert-alkyl or cyclic N) is 1. The summed E-state index contributed by atoms with van der Waals surface area (Å²) in [5.74, 6) is 0.743. The van der Waals surface area contributed by atoms with Gasteiger partial charge in [0, 0.05) is 29.7 Å². The lowest BCUT2D eigenvalue weighted by Gasteiger charge is -2.39. The Morgan fingerprint density at radius 2 is 2.07 bits per heavy atom. The predicted molar refractivity (Wildman–Crippen MR) is 99.8 cm³/mol. The fourth-order valence-electron chi connectivity index (χ4n) is 3.41. The van der Waals surface area contributed by atoms with Crippen LogP contribution in [0.3, 0.4) is 0 Å². The van der Waals surface area contributed by atoms with Gasteiger partial charge in [-0.3, -0.25) is 0 Å². The first-order chi connectivity index (χ1) is 12.6. The zero-order valence-corrected chi connectivity index (χ0v) is 16.8. The Morgan fingerprint density at radius 3 is 2.70 bits per heavy atom. The molecule has 0 aliphatic heterocycles. The highest BCUT2D eigenvalue weighted by Crippen LogP contribution is 2.34. The van der Waals surface area contributed by atoms with Crippen molar-refractivity contribution in [3.63, 3.8) is 0 Å².